The van der Waals surface area contributed by atoms with Gasteiger partial charge in [0, 0.05) is 10.7 Å². The minimum Gasteiger partial charge on any atom is -0.447 e. The molecule has 1 heterocycles. The zero-order chi connectivity index (χ0) is 17.9. The highest BCUT2D eigenvalue weighted by molar-refractivity contribution is 7.95. The van der Waals surface area contributed by atoms with Crippen molar-refractivity contribution in [3.8, 4) is 0 Å². The maximum absolute atomic E-state index is 12.2. The van der Waals surface area contributed by atoms with Crippen LogP contribution in [0.4, 0.5) is 16.2 Å². The van der Waals surface area contributed by atoms with Crippen molar-refractivity contribution in [1.82, 2.24) is 0 Å². The first-order valence-electron chi connectivity index (χ1n) is 7.44. The predicted molar refractivity (Wildman–Crippen MR) is 98.2 cm³/mol. The number of rotatable bonds is 5. The van der Waals surface area contributed by atoms with Crippen LogP contribution in [0.5, 0.6) is 0 Å². The zero-order valence-electron chi connectivity index (χ0n) is 13.1. The maximum atomic E-state index is 12.2. The Morgan fingerprint density at radius 3 is 2.60 bits per heavy atom. The monoisotopic (exact) mass is 378 g/mol. The topological polar surface area (TPSA) is 75.7 Å². The standard InChI is InChI=1S/C17H15ClN2O4S/c18-14-6-4-13(5-7-14)8-11-25(22,23)19-15-2-1-3-16(12-15)20-9-10-24-17(20)21/h1-8,11-12,19H,9-10H2. The van der Waals surface area contributed by atoms with Gasteiger partial charge in [-0.25, -0.2) is 13.2 Å². The summed E-state index contributed by atoms with van der Waals surface area (Å²) in [7, 11) is -3.69. The van der Waals surface area contributed by atoms with E-state index in [9.17, 15) is 13.2 Å². The summed E-state index contributed by atoms with van der Waals surface area (Å²) in [5.41, 5.74) is 1.64. The number of nitrogens with one attached hydrogen (secondary N) is 1. The summed E-state index contributed by atoms with van der Waals surface area (Å²) in [5, 5.41) is 1.66. The maximum Gasteiger partial charge on any atom is 0.414 e. The Bertz CT molecular complexity index is 911. The average Bonchev–Trinajstić information content (AvgIpc) is 3.00. The number of hydrogen-bond acceptors (Lipinski definition) is 4. The summed E-state index contributed by atoms with van der Waals surface area (Å²) in [6, 6.07) is 13.4. The van der Waals surface area contributed by atoms with Crippen molar-refractivity contribution < 1.29 is 17.9 Å². The highest BCUT2D eigenvalue weighted by Gasteiger charge is 2.23. The Labute approximate surface area is 150 Å². The summed E-state index contributed by atoms with van der Waals surface area (Å²) < 4.78 is 31.8. The summed E-state index contributed by atoms with van der Waals surface area (Å²) in [6.07, 6.45) is 1.03. The van der Waals surface area contributed by atoms with Crippen molar-refractivity contribution in [2.75, 3.05) is 22.8 Å². The first-order chi connectivity index (χ1) is 11.9. The van der Waals surface area contributed by atoms with Gasteiger partial charge in [-0.1, -0.05) is 29.8 Å². The lowest BCUT2D eigenvalue weighted by Gasteiger charge is -2.14. The van der Waals surface area contributed by atoms with Gasteiger partial charge in [-0.2, -0.15) is 0 Å². The Morgan fingerprint density at radius 2 is 1.92 bits per heavy atom. The lowest BCUT2D eigenvalue weighted by Crippen LogP contribution is -2.23. The van der Waals surface area contributed by atoms with E-state index in [0.29, 0.717) is 35.1 Å². The van der Waals surface area contributed by atoms with Crippen molar-refractivity contribution in [2.24, 2.45) is 0 Å². The van der Waals surface area contributed by atoms with Crippen LogP contribution in [0.2, 0.25) is 5.02 Å². The van der Waals surface area contributed by atoms with Gasteiger partial charge in [-0.05, 0) is 42.0 Å². The van der Waals surface area contributed by atoms with Crippen molar-refractivity contribution >= 4 is 45.2 Å². The fraction of sp³-hybridized carbons (Fsp3) is 0.118. The number of benzene rings is 2. The van der Waals surface area contributed by atoms with Crippen LogP contribution in [0.25, 0.3) is 6.08 Å². The van der Waals surface area contributed by atoms with Crippen molar-refractivity contribution in [3.05, 3.63) is 64.5 Å². The molecule has 130 valence electrons. The number of cyclic esters (lactones) is 1. The van der Waals surface area contributed by atoms with Crippen LogP contribution in [0.1, 0.15) is 5.56 Å². The molecule has 0 aromatic heterocycles. The molecule has 0 saturated carbocycles. The van der Waals surface area contributed by atoms with Gasteiger partial charge in [0.1, 0.15) is 6.61 Å². The number of nitrogens with zero attached hydrogens (tertiary/aromatic N) is 1. The SMILES string of the molecule is O=C1OCCN1c1cccc(NS(=O)(=O)C=Cc2ccc(Cl)cc2)c1. The minimum atomic E-state index is -3.69. The lowest BCUT2D eigenvalue weighted by atomic mass is 10.2. The Kier molecular flexibility index (Phi) is 4.96. The molecule has 1 aliphatic heterocycles. The van der Waals surface area contributed by atoms with Crippen LogP contribution in [0, 0.1) is 0 Å². The van der Waals surface area contributed by atoms with E-state index in [1.165, 1.54) is 11.0 Å². The van der Waals surface area contributed by atoms with E-state index < -0.39 is 16.1 Å². The number of ether oxygens (including phenoxy) is 1. The normalized spacial score (nSPS) is 14.8. The first kappa shape index (κ1) is 17.3. The van der Waals surface area contributed by atoms with Gasteiger partial charge in [-0.3, -0.25) is 9.62 Å². The lowest BCUT2D eigenvalue weighted by molar-refractivity contribution is 0.181. The largest absolute Gasteiger partial charge is 0.447 e. The molecule has 1 aliphatic rings. The van der Waals surface area contributed by atoms with Crippen LogP contribution < -0.4 is 9.62 Å². The van der Waals surface area contributed by atoms with Gasteiger partial charge in [-0.15, -0.1) is 0 Å². The second kappa shape index (κ2) is 7.16. The molecular weight excluding hydrogens is 364 g/mol. The molecule has 0 spiro atoms. The number of sulfonamides is 1. The van der Waals surface area contributed by atoms with E-state index in [2.05, 4.69) is 4.72 Å². The van der Waals surface area contributed by atoms with Crippen molar-refractivity contribution in [3.63, 3.8) is 0 Å². The molecule has 1 saturated heterocycles. The fourth-order valence-corrected chi connectivity index (χ4v) is 3.29. The van der Waals surface area contributed by atoms with E-state index in [1.54, 1.807) is 48.5 Å². The number of carbonyl (C=O) groups excluding carboxylic acids is 1. The number of carbonyl (C=O) groups is 1. The van der Waals surface area contributed by atoms with Crippen LogP contribution in [-0.4, -0.2) is 27.7 Å². The van der Waals surface area contributed by atoms with E-state index in [4.69, 9.17) is 16.3 Å². The Morgan fingerprint density at radius 1 is 1.16 bits per heavy atom. The minimum absolute atomic E-state index is 0.318. The molecule has 1 amide bonds. The molecule has 2 aromatic carbocycles. The third kappa shape index (κ3) is 4.52. The summed E-state index contributed by atoms with van der Waals surface area (Å²) in [6.45, 7) is 0.754. The van der Waals surface area contributed by atoms with E-state index in [0.717, 1.165) is 5.41 Å². The smallest absolute Gasteiger partial charge is 0.414 e. The van der Waals surface area contributed by atoms with Gasteiger partial charge in [0.25, 0.3) is 10.0 Å². The third-order valence-electron chi connectivity index (χ3n) is 3.49. The molecular formula is C17H15ClN2O4S. The fourth-order valence-electron chi connectivity index (χ4n) is 2.31. The average molecular weight is 379 g/mol. The molecule has 0 bridgehead atoms. The van der Waals surface area contributed by atoms with Crippen molar-refractivity contribution in [1.29, 1.82) is 0 Å². The molecule has 2 aromatic rings. The number of anilines is 2. The molecule has 0 atom stereocenters. The van der Waals surface area contributed by atoms with Gasteiger partial charge >= 0.3 is 6.09 Å². The molecule has 8 heteroatoms. The van der Waals surface area contributed by atoms with Gasteiger partial charge in [0.2, 0.25) is 0 Å². The van der Waals surface area contributed by atoms with E-state index in [-0.39, 0.29) is 0 Å². The summed E-state index contributed by atoms with van der Waals surface area (Å²) >= 11 is 5.80. The quantitative estimate of drug-likeness (QED) is 0.860. The molecule has 1 N–H and O–H groups in total. The Hall–Kier alpha value is -2.51. The van der Waals surface area contributed by atoms with E-state index in [1.807, 2.05) is 0 Å². The van der Waals surface area contributed by atoms with Gasteiger partial charge < -0.3 is 4.74 Å². The summed E-state index contributed by atoms with van der Waals surface area (Å²) in [5.74, 6) is 0. The second-order valence-electron chi connectivity index (χ2n) is 5.32. The van der Waals surface area contributed by atoms with Crippen LogP contribution in [0.3, 0.4) is 0 Å². The van der Waals surface area contributed by atoms with Crippen LogP contribution >= 0.6 is 11.6 Å². The number of hydrogen-bond donors (Lipinski definition) is 1. The third-order valence-corrected chi connectivity index (χ3v) is 4.75. The van der Waals surface area contributed by atoms with Crippen molar-refractivity contribution in [2.45, 2.75) is 0 Å². The van der Waals surface area contributed by atoms with E-state index >= 15 is 0 Å². The number of amides is 1. The Balaban J connectivity index is 1.74. The van der Waals surface area contributed by atoms with Crippen LogP contribution in [-0.2, 0) is 14.8 Å². The molecule has 3 rings (SSSR count). The van der Waals surface area contributed by atoms with Gasteiger partial charge in [0.15, 0.2) is 0 Å². The highest BCUT2D eigenvalue weighted by Crippen LogP contribution is 2.23. The summed E-state index contributed by atoms with van der Waals surface area (Å²) in [4.78, 5) is 13.0. The molecule has 0 aliphatic carbocycles. The second-order valence-corrected chi connectivity index (χ2v) is 7.32. The molecule has 1 fully saturated rings. The molecule has 25 heavy (non-hydrogen) atoms. The predicted octanol–water partition coefficient (Wildman–Crippen LogP) is 3.71. The first-order valence-corrected chi connectivity index (χ1v) is 9.36. The van der Waals surface area contributed by atoms with Crippen LogP contribution in [0.15, 0.2) is 53.9 Å². The number of halogens is 1. The van der Waals surface area contributed by atoms with Gasteiger partial charge in [0.05, 0.1) is 17.6 Å². The molecule has 6 nitrogen and oxygen atoms in total. The zero-order valence-corrected chi connectivity index (χ0v) is 14.6. The molecule has 0 radical (unpaired) electrons. The molecule has 0 unspecified atom stereocenters. The highest BCUT2D eigenvalue weighted by atomic mass is 35.5.